The summed E-state index contributed by atoms with van der Waals surface area (Å²) < 4.78 is 1.87. The van der Waals surface area contributed by atoms with E-state index in [-0.39, 0.29) is 11.9 Å². The third-order valence-electron chi connectivity index (χ3n) is 4.23. The minimum Gasteiger partial charge on any atom is -0.481 e. The Morgan fingerprint density at radius 2 is 1.90 bits per heavy atom. The van der Waals surface area contributed by atoms with Crippen molar-refractivity contribution in [2.45, 2.75) is 53.0 Å². The van der Waals surface area contributed by atoms with E-state index in [0.717, 1.165) is 17.8 Å². The summed E-state index contributed by atoms with van der Waals surface area (Å²) in [6, 6.07) is 0.215. The number of nitrogens with one attached hydrogen (secondary N) is 1. The molecule has 1 aliphatic rings. The fourth-order valence-electron chi connectivity index (χ4n) is 3.13. The molecule has 21 heavy (non-hydrogen) atoms. The molecule has 0 radical (unpaired) electrons. The van der Waals surface area contributed by atoms with Crippen LogP contribution in [0.5, 0.6) is 0 Å². The lowest BCUT2D eigenvalue weighted by molar-refractivity contribution is -0.145. The zero-order valence-electron chi connectivity index (χ0n) is 13.0. The van der Waals surface area contributed by atoms with Crippen LogP contribution in [0.1, 0.15) is 50.5 Å². The first-order valence-electron chi connectivity index (χ1n) is 7.42. The van der Waals surface area contributed by atoms with E-state index in [1.165, 1.54) is 0 Å². The van der Waals surface area contributed by atoms with E-state index in [1.807, 2.05) is 32.4 Å². The molecule has 0 bridgehead atoms. The van der Waals surface area contributed by atoms with Crippen LogP contribution >= 0.6 is 0 Å². The molecule has 1 aromatic heterocycles. The van der Waals surface area contributed by atoms with Gasteiger partial charge in [0, 0.05) is 6.04 Å². The highest BCUT2D eigenvalue weighted by Crippen LogP contribution is 2.33. The number of aryl methyl sites for hydroxylation is 1. The maximum absolute atomic E-state index is 12.4. The normalized spacial score (nSPS) is 21.8. The lowest BCUT2D eigenvalue weighted by atomic mass is 9.95. The average molecular weight is 293 g/mol. The highest BCUT2D eigenvalue weighted by Gasteiger charge is 2.38. The Labute approximate surface area is 124 Å². The van der Waals surface area contributed by atoms with Crippen LogP contribution in [0.25, 0.3) is 0 Å². The summed E-state index contributed by atoms with van der Waals surface area (Å²) in [6.45, 7) is 7.83. The molecule has 0 unspecified atom stereocenters. The Morgan fingerprint density at radius 1 is 1.29 bits per heavy atom. The minimum absolute atomic E-state index is 0.200. The van der Waals surface area contributed by atoms with Crippen molar-refractivity contribution in [1.82, 2.24) is 9.78 Å². The van der Waals surface area contributed by atoms with Crippen LogP contribution in [0.2, 0.25) is 0 Å². The summed E-state index contributed by atoms with van der Waals surface area (Å²) in [7, 11) is 0. The summed E-state index contributed by atoms with van der Waals surface area (Å²) in [5.74, 6) is -2.08. The molecule has 0 spiro atoms. The van der Waals surface area contributed by atoms with Crippen molar-refractivity contribution in [2.75, 3.05) is 5.32 Å². The first-order valence-corrected chi connectivity index (χ1v) is 7.42. The van der Waals surface area contributed by atoms with E-state index >= 15 is 0 Å². The topological polar surface area (TPSA) is 84.2 Å². The molecular weight excluding hydrogens is 270 g/mol. The van der Waals surface area contributed by atoms with Gasteiger partial charge in [0.2, 0.25) is 5.91 Å². The van der Waals surface area contributed by atoms with E-state index in [2.05, 4.69) is 10.4 Å². The molecule has 2 rings (SSSR count). The number of aromatic nitrogens is 2. The van der Waals surface area contributed by atoms with Crippen molar-refractivity contribution >= 4 is 17.6 Å². The van der Waals surface area contributed by atoms with Crippen molar-refractivity contribution < 1.29 is 14.7 Å². The van der Waals surface area contributed by atoms with Crippen molar-refractivity contribution in [2.24, 2.45) is 11.8 Å². The van der Waals surface area contributed by atoms with Crippen LogP contribution in [0, 0.1) is 25.7 Å². The minimum atomic E-state index is -0.876. The molecule has 1 fully saturated rings. The Bertz CT molecular complexity index is 563. The van der Waals surface area contributed by atoms with Gasteiger partial charge in [0.25, 0.3) is 0 Å². The van der Waals surface area contributed by atoms with Crippen LogP contribution < -0.4 is 5.32 Å². The SMILES string of the molecule is Cc1nn(C(C)C)c(C)c1NC(=O)[C@@H]1CCC[C@@H]1C(=O)O. The molecule has 2 atom stereocenters. The highest BCUT2D eigenvalue weighted by atomic mass is 16.4. The number of nitrogens with zero attached hydrogens (tertiary/aromatic N) is 2. The van der Waals surface area contributed by atoms with Crippen molar-refractivity contribution in [3.05, 3.63) is 11.4 Å². The smallest absolute Gasteiger partial charge is 0.307 e. The molecule has 6 heteroatoms. The van der Waals surface area contributed by atoms with Gasteiger partial charge < -0.3 is 10.4 Å². The molecule has 1 heterocycles. The Hall–Kier alpha value is -1.85. The third kappa shape index (κ3) is 2.94. The number of rotatable bonds is 4. The Morgan fingerprint density at radius 3 is 2.43 bits per heavy atom. The fourth-order valence-corrected chi connectivity index (χ4v) is 3.13. The van der Waals surface area contributed by atoms with E-state index in [9.17, 15) is 14.7 Å². The highest BCUT2D eigenvalue weighted by molar-refractivity contribution is 5.96. The number of aliphatic carboxylic acids is 1. The van der Waals surface area contributed by atoms with Gasteiger partial charge in [0.05, 0.1) is 28.9 Å². The first kappa shape index (κ1) is 15.5. The molecule has 1 aliphatic carbocycles. The molecular formula is C15H23N3O3. The van der Waals surface area contributed by atoms with E-state index in [0.29, 0.717) is 18.5 Å². The Balaban J connectivity index is 2.18. The summed E-state index contributed by atoms with van der Waals surface area (Å²) in [5, 5.41) is 16.5. The Kier molecular flexibility index (Phi) is 4.34. The van der Waals surface area contributed by atoms with Crippen molar-refractivity contribution in [1.29, 1.82) is 0 Å². The molecule has 2 N–H and O–H groups in total. The fraction of sp³-hybridized carbons (Fsp3) is 0.667. The number of hydrogen-bond donors (Lipinski definition) is 2. The molecule has 0 aliphatic heterocycles. The monoisotopic (exact) mass is 293 g/mol. The zero-order valence-corrected chi connectivity index (χ0v) is 13.0. The maximum Gasteiger partial charge on any atom is 0.307 e. The molecule has 1 aromatic rings. The number of carboxylic acid groups (broad SMARTS) is 1. The van der Waals surface area contributed by atoms with Crippen LogP contribution in [-0.2, 0) is 9.59 Å². The second-order valence-electron chi connectivity index (χ2n) is 6.06. The summed E-state index contributed by atoms with van der Waals surface area (Å²) in [4.78, 5) is 23.6. The average Bonchev–Trinajstić information content (AvgIpc) is 2.98. The summed E-state index contributed by atoms with van der Waals surface area (Å²) >= 11 is 0. The number of carbonyl (C=O) groups is 2. The van der Waals surface area contributed by atoms with Gasteiger partial charge in [-0.3, -0.25) is 14.3 Å². The lowest BCUT2D eigenvalue weighted by Gasteiger charge is -2.16. The predicted molar refractivity (Wildman–Crippen MR) is 79.2 cm³/mol. The number of carbonyl (C=O) groups excluding carboxylic acids is 1. The van der Waals surface area contributed by atoms with Gasteiger partial charge in [-0.25, -0.2) is 0 Å². The summed E-state index contributed by atoms with van der Waals surface area (Å²) in [6.07, 6.45) is 2.01. The molecule has 1 amide bonds. The van der Waals surface area contributed by atoms with E-state index in [4.69, 9.17) is 0 Å². The number of anilines is 1. The van der Waals surface area contributed by atoms with E-state index in [1.54, 1.807) is 0 Å². The van der Waals surface area contributed by atoms with Gasteiger partial charge in [-0.1, -0.05) is 6.42 Å². The van der Waals surface area contributed by atoms with Crippen LogP contribution in [0.15, 0.2) is 0 Å². The molecule has 1 saturated carbocycles. The van der Waals surface area contributed by atoms with Gasteiger partial charge in [-0.2, -0.15) is 5.10 Å². The van der Waals surface area contributed by atoms with Crippen LogP contribution in [0.3, 0.4) is 0 Å². The van der Waals surface area contributed by atoms with Crippen LogP contribution in [-0.4, -0.2) is 26.8 Å². The van der Waals surface area contributed by atoms with E-state index < -0.39 is 17.8 Å². The van der Waals surface area contributed by atoms with Crippen LogP contribution in [0.4, 0.5) is 5.69 Å². The van der Waals surface area contributed by atoms with Gasteiger partial charge in [0.15, 0.2) is 0 Å². The van der Waals surface area contributed by atoms with Gasteiger partial charge in [0.1, 0.15) is 0 Å². The second-order valence-corrected chi connectivity index (χ2v) is 6.06. The van der Waals surface area contributed by atoms with Gasteiger partial charge >= 0.3 is 5.97 Å². The van der Waals surface area contributed by atoms with Gasteiger partial charge in [-0.15, -0.1) is 0 Å². The summed E-state index contributed by atoms with van der Waals surface area (Å²) in [5.41, 5.74) is 2.38. The predicted octanol–water partition coefficient (Wildman–Crippen LogP) is 2.52. The second kappa shape index (κ2) is 5.87. The molecule has 116 valence electrons. The number of hydrogen-bond acceptors (Lipinski definition) is 3. The maximum atomic E-state index is 12.4. The third-order valence-corrected chi connectivity index (χ3v) is 4.23. The number of carboxylic acids is 1. The van der Waals surface area contributed by atoms with Crippen molar-refractivity contribution in [3.63, 3.8) is 0 Å². The zero-order chi connectivity index (χ0) is 15.7. The molecule has 0 aromatic carbocycles. The standard InChI is InChI=1S/C15H23N3O3/c1-8(2)18-10(4)13(9(3)17-18)16-14(19)11-6-5-7-12(11)15(20)21/h8,11-12H,5-7H2,1-4H3,(H,16,19)(H,20,21)/t11-,12+/m1/s1. The number of amides is 1. The molecule has 6 nitrogen and oxygen atoms in total. The van der Waals surface area contributed by atoms with Gasteiger partial charge in [-0.05, 0) is 40.5 Å². The first-order chi connectivity index (χ1) is 9.82. The molecule has 0 saturated heterocycles. The van der Waals surface area contributed by atoms with Crippen molar-refractivity contribution in [3.8, 4) is 0 Å². The largest absolute Gasteiger partial charge is 0.481 e. The lowest BCUT2D eigenvalue weighted by Crippen LogP contribution is -2.30. The quantitative estimate of drug-likeness (QED) is 0.893.